The van der Waals surface area contributed by atoms with Crippen molar-refractivity contribution in [2.45, 2.75) is 6.54 Å². The van der Waals surface area contributed by atoms with Crippen molar-refractivity contribution in [2.24, 2.45) is 5.73 Å². The third-order valence-electron chi connectivity index (χ3n) is 3.52. The number of ether oxygens (including phenoxy) is 1. The lowest BCUT2D eigenvalue weighted by molar-refractivity contribution is -0.384. The molecule has 0 saturated carbocycles. The summed E-state index contributed by atoms with van der Waals surface area (Å²) >= 11 is 6.01. The summed E-state index contributed by atoms with van der Waals surface area (Å²) in [5.74, 6) is -0.0912. The normalized spacial score (nSPS) is 10.3. The van der Waals surface area contributed by atoms with Crippen LogP contribution in [0.2, 0.25) is 5.02 Å². The van der Waals surface area contributed by atoms with Crippen LogP contribution in [0.3, 0.4) is 0 Å². The molecule has 126 valence electrons. The van der Waals surface area contributed by atoms with Crippen molar-refractivity contribution >= 4 is 28.9 Å². The van der Waals surface area contributed by atoms with Crippen molar-refractivity contribution in [3.05, 3.63) is 62.7 Å². The Morgan fingerprint density at radius 3 is 2.62 bits per heavy atom. The molecule has 24 heavy (non-hydrogen) atoms. The Hall–Kier alpha value is -2.80. The second kappa shape index (κ2) is 7.18. The summed E-state index contributed by atoms with van der Waals surface area (Å²) in [7, 11) is 3.24. The molecule has 2 aromatic carbocycles. The van der Waals surface area contributed by atoms with Crippen LogP contribution in [0.1, 0.15) is 15.9 Å². The van der Waals surface area contributed by atoms with Gasteiger partial charge in [-0.15, -0.1) is 0 Å². The van der Waals surface area contributed by atoms with E-state index in [0.717, 1.165) is 5.56 Å². The second-order valence-corrected chi connectivity index (χ2v) is 5.57. The maximum absolute atomic E-state index is 11.3. The van der Waals surface area contributed by atoms with Crippen LogP contribution in [0.25, 0.3) is 0 Å². The molecule has 0 fully saturated rings. The number of hydrogen-bond acceptors (Lipinski definition) is 5. The van der Waals surface area contributed by atoms with Crippen molar-refractivity contribution in [3.63, 3.8) is 0 Å². The molecule has 0 radical (unpaired) electrons. The van der Waals surface area contributed by atoms with Crippen molar-refractivity contribution in [1.82, 2.24) is 0 Å². The van der Waals surface area contributed by atoms with Crippen LogP contribution >= 0.6 is 11.6 Å². The molecule has 0 atom stereocenters. The van der Waals surface area contributed by atoms with Crippen LogP contribution < -0.4 is 15.4 Å². The van der Waals surface area contributed by atoms with Crippen molar-refractivity contribution < 1.29 is 14.5 Å². The van der Waals surface area contributed by atoms with Crippen molar-refractivity contribution in [2.75, 3.05) is 19.1 Å². The van der Waals surface area contributed by atoms with Gasteiger partial charge in [0.25, 0.3) is 5.69 Å². The standard InChI is InChI=1S/C16H16ClN3O4/c1-19(9-11-7-12(17)4-6-15(11)24-2)13-5-3-10(16(18)21)8-14(13)20(22)23/h3-8H,9H2,1-2H3,(H2,18,21). The third kappa shape index (κ3) is 3.75. The molecule has 2 N–H and O–H groups in total. The fourth-order valence-corrected chi connectivity index (χ4v) is 2.55. The average Bonchev–Trinajstić information content (AvgIpc) is 2.54. The van der Waals surface area contributed by atoms with Crippen LogP contribution in [-0.4, -0.2) is 25.0 Å². The van der Waals surface area contributed by atoms with E-state index >= 15 is 0 Å². The first kappa shape index (κ1) is 17.6. The number of carbonyl (C=O) groups is 1. The lowest BCUT2D eigenvalue weighted by Gasteiger charge is -2.21. The molecule has 0 heterocycles. The lowest BCUT2D eigenvalue weighted by Crippen LogP contribution is -2.19. The first-order valence-electron chi connectivity index (χ1n) is 6.95. The number of carbonyl (C=O) groups excluding carboxylic acids is 1. The Morgan fingerprint density at radius 1 is 1.33 bits per heavy atom. The minimum Gasteiger partial charge on any atom is -0.496 e. The number of nitro benzene ring substituents is 1. The van der Waals surface area contributed by atoms with E-state index in [1.165, 1.54) is 25.3 Å². The molecule has 0 aliphatic carbocycles. The van der Waals surface area contributed by atoms with Gasteiger partial charge in [0.1, 0.15) is 11.4 Å². The van der Waals surface area contributed by atoms with Gasteiger partial charge in [-0.1, -0.05) is 11.6 Å². The van der Waals surface area contributed by atoms with Crippen molar-refractivity contribution in [1.29, 1.82) is 0 Å². The lowest BCUT2D eigenvalue weighted by atomic mass is 10.1. The Bertz CT molecular complexity index is 795. The number of anilines is 1. The minimum absolute atomic E-state index is 0.0826. The van der Waals surface area contributed by atoms with Crippen LogP contribution in [0.15, 0.2) is 36.4 Å². The van der Waals surface area contributed by atoms with Crippen LogP contribution in [0, 0.1) is 10.1 Å². The van der Waals surface area contributed by atoms with Crippen molar-refractivity contribution in [3.8, 4) is 5.75 Å². The summed E-state index contributed by atoms with van der Waals surface area (Å²) in [5, 5.41) is 11.9. The molecule has 8 heteroatoms. The van der Waals surface area contributed by atoms with E-state index in [4.69, 9.17) is 22.1 Å². The van der Waals surface area contributed by atoms with Gasteiger partial charge in [-0.2, -0.15) is 0 Å². The molecule has 0 aromatic heterocycles. The Labute approximate surface area is 143 Å². The highest BCUT2D eigenvalue weighted by atomic mass is 35.5. The Kier molecular flexibility index (Phi) is 5.25. The molecule has 0 unspecified atom stereocenters. The summed E-state index contributed by atoms with van der Waals surface area (Å²) < 4.78 is 5.28. The third-order valence-corrected chi connectivity index (χ3v) is 3.75. The number of primary amides is 1. The summed E-state index contributed by atoms with van der Waals surface area (Å²) in [6.45, 7) is 0.334. The number of hydrogen-bond donors (Lipinski definition) is 1. The first-order valence-corrected chi connectivity index (χ1v) is 7.33. The van der Waals surface area contributed by atoms with E-state index in [2.05, 4.69) is 0 Å². The van der Waals surface area contributed by atoms with Gasteiger partial charge in [0, 0.05) is 35.8 Å². The Balaban J connectivity index is 2.39. The van der Waals surface area contributed by atoms with Crippen LogP contribution in [-0.2, 0) is 6.54 Å². The average molecular weight is 350 g/mol. The highest BCUT2D eigenvalue weighted by Crippen LogP contribution is 2.31. The van der Waals surface area contributed by atoms with E-state index in [9.17, 15) is 14.9 Å². The molecular formula is C16H16ClN3O4. The maximum Gasteiger partial charge on any atom is 0.293 e. The molecule has 0 bridgehead atoms. The number of nitrogens with zero attached hydrogens (tertiary/aromatic N) is 2. The summed E-state index contributed by atoms with van der Waals surface area (Å²) in [4.78, 5) is 23.7. The molecule has 0 aliphatic heterocycles. The van der Waals surface area contributed by atoms with E-state index < -0.39 is 10.8 Å². The number of methoxy groups -OCH3 is 1. The van der Waals surface area contributed by atoms with E-state index in [0.29, 0.717) is 23.0 Å². The van der Waals surface area contributed by atoms with Gasteiger partial charge in [-0.25, -0.2) is 0 Å². The number of benzene rings is 2. The monoisotopic (exact) mass is 349 g/mol. The number of halogens is 1. The number of nitro groups is 1. The van der Waals surface area contributed by atoms with Gasteiger partial charge >= 0.3 is 0 Å². The fraction of sp³-hybridized carbons (Fsp3) is 0.188. The molecule has 0 aliphatic rings. The highest BCUT2D eigenvalue weighted by Gasteiger charge is 2.20. The maximum atomic E-state index is 11.3. The largest absolute Gasteiger partial charge is 0.496 e. The summed E-state index contributed by atoms with van der Waals surface area (Å²) in [5.41, 5.74) is 6.20. The van der Waals surface area contributed by atoms with Gasteiger partial charge in [0.15, 0.2) is 0 Å². The zero-order valence-electron chi connectivity index (χ0n) is 13.2. The predicted molar refractivity (Wildman–Crippen MR) is 91.7 cm³/mol. The van der Waals surface area contributed by atoms with E-state index in [-0.39, 0.29) is 11.3 Å². The smallest absolute Gasteiger partial charge is 0.293 e. The quantitative estimate of drug-likeness (QED) is 0.638. The second-order valence-electron chi connectivity index (χ2n) is 5.14. The van der Waals surface area contributed by atoms with Gasteiger partial charge in [-0.3, -0.25) is 14.9 Å². The van der Waals surface area contributed by atoms with E-state index in [1.807, 2.05) is 0 Å². The van der Waals surface area contributed by atoms with Gasteiger partial charge < -0.3 is 15.4 Å². The van der Waals surface area contributed by atoms with Crippen LogP contribution in [0.5, 0.6) is 5.75 Å². The zero-order chi connectivity index (χ0) is 17.9. The van der Waals surface area contributed by atoms with E-state index in [1.54, 1.807) is 30.1 Å². The first-order chi connectivity index (χ1) is 11.3. The number of amides is 1. The Morgan fingerprint density at radius 2 is 2.04 bits per heavy atom. The highest BCUT2D eigenvalue weighted by molar-refractivity contribution is 6.30. The molecule has 7 nitrogen and oxygen atoms in total. The molecule has 2 rings (SSSR count). The van der Waals surface area contributed by atoms with Crippen LogP contribution in [0.4, 0.5) is 11.4 Å². The molecule has 0 spiro atoms. The van der Waals surface area contributed by atoms with Gasteiger partial charge in [0.2, 0.25) is 5.91 Å². The number of rotatable bonds is 6. The topological polar surface area (TPSA) is 98.7 Å². The SMILES string of the molecule is COc1ccc(Cl)cc1CN(C)c1ccc(C(N)=O)cc1[N+](=O)[O-]. The minimum atomic E-state index is -0.719. The number of nitrogens with two attached hydrogens (primary N) is 1. The fourth-order valence-electron chi connectivity index (χ4n) is 2.36. The molecule has 2 aromatic rings. The zero-order valence-corrected chi connectivity index (χ0v) is 13.9. The molecule has 1 amide bonds. The summed E-state index contributed by atoms with van der Waals surface area (Å²) in [6, 6.07) is 9.29. The summed E-state index contributed by atoms with van der Waals surface area (Å²) in [6.07, 6.45) is 0. The van der Waals surface area contributed by atoms with Gasteiger partial charge in [-0.05, 0) is 30.3 Å². The van der Waals surface area contributed by atoms with Gasteiger partial charge in [0.05, 0.1) is 12.0 Å². The molecular weight excluding hydrogens is 334 g/mol. The molecule has 0 saturated heterocycles. The predicted octanol–water partition coefficient (Wildman–Crippen LogP) is 2.99.